The Morgan fingerprint density at radius 1 is 1.20 bits per heavy atom. The summed E-state index contributed by atoms with van der Waals surface area (Å²) in [7, 11) is 2.01. The van der Waals surface area contributed by atoms with Crippen molar-refractivity contribution in [2.24, 2.45) is 0 Å². The molecule has 20 heavy (non-hydrogen) atoms. The topological polar surface area (TPSA) is 58.6 Å². The zero-order valence-corrected chi connectivity index (χ0v) is 12.7. The lowest BCUT2D eigenvalue weighted by Crippen LogP contribution is -2.34. The molecular formula is C12H16Cl2N4O2. The molecule has 0 unspecified atom stereocenters. The number of rotatable bonds is 1. The summed E-state index contributed by atoms with van der Waals surface area (Å²) in [5.74, 6) is 0. The second kappa shape index (κ2) is 7.17. The highest BCUT2D eigenvalue weighted by Crippen LogP contribution is 2.26. The van der Waals surface area contributed by atoms with Crippen LogP contribution in [0.5, 0.6) is 0 Å². The largest absolute Gasteiger partial charge is 0.378 e. The van der Waals surface area contributed by atoms with Gasteiger partial charge in [0.05, 0.1) is 18.9 Å². The zero-order chi connectivity index (χ0) is 14.5. The molecule has 2 aliphatic rings. The van der Waals surface area contributed by atoms with Crippen molar-refractivity contribution in [3.8, 4) is 0 Å². The number of aromatic nitrogens is 2. The van der Waals surface area contributed by atoms with Crippen molar-refractivity contribution in [2.45, 2.75) is 13.1 Å². The van der Waals surface area contributed by atoms with Crippen LogP contribution in [0.15, 0.2) is 0 Å². The van der Waals surface area contributed by atoms with Crippen LogP contribution in [-0.2, 0) is 22.6 Å². The maximum absolute atomic E-state index is 10.0. The number of nitrogens with zero attached hydrogens (tertiary/aromatic N) is 4. The minimum atomic E-state index is 0.231. The highest BCUT2D eigenvalue weighted by atomic mass is 35.5. The minimum absolute atomic E-state index is 0.231. The van der Waals surface area contributed by atoms with E-state index in [1.54, 1.807) is 4.90 Å². The third-order valence-corrected chi connectivity index (χ3v) is 3.54. The van der Waals surface area contributed by atoms with Gasteiger partial charge >= 0.3 is 0 Å². The summed E-state index contributed by atoms with van der Waals surface area (Å²) in [6.07, 6.45) is 0.864. The molecule has 1 amide bonds. The highest BCUT2D eigenvalue weighted by molar-refractivity contribution is 6.32. The molecule has 6 nitrogen and oxygen atoms in total. The average Bonchev–Trinajstić information content (AvgIpc) is 2.81. The maximum Gasteiger partial charge on any atom is 0.224 e. The van der Waals surface area contributed by atoms with Crippen LogP contribution in [-0.4, -0.2) is 59.5 Å². The number of halogens is 2. The van der Waals surface area contributed by atoms with Crippen molar-refractivity contribution >= 4 is 29.6 Å². The van der Waals surface area contributed by atoms with E-state index in [2.05, 4.69) is 14.9 Å². The lowest BCUT2D eigenvalue weighted by molar-refractivity contribution is -0.121. The molecule has 0 spiro atoms. The summed E-state index contributed by atoms with van der Waals surface area (Å²) in [4.78, 5) is 21.8. The fourth-order valence-corrected chi connectivity index (χ4v) is 2.50. The standard InChI is InChI=1S/C7H7Cl2N3.C5H9NO2/c1-12-2-4-5(3-12)10-7(9)11-6(4)8;7-5-6-1-3-8-4-2-6/h2-3H2,1H3;5H,1-4H2. The first-order valence-corrected chi connectivity index (χ1v) is 7.02. The second-order valence-corrected chi connectivity index (χ2v) is 5.33. The van der Waals surface area contributed by atoms with Gasteiger partial charge in [-0.2, -0.15) is 0 Å². The van der Waals surface area contributed by atoms with Crippen LogP contribution in [0.3, 0.4) is 0 Å². The molecule has 110 valence electrons. The van der Waals surface area contributed by atoms with Gasteiger partial charge in [0.25, 0.3) is 0 Å². The molecule has 0 bridgehead atoms. The van der Waals surface area contributed by atoms with E-state index in [0.29, 0.717) is 18.4 Å². The van der Waals surface area contributed by atoms with E-state index < -0.39 is 0 Å². The number of fused-ring (bicyclic) bond motifs is 1. The van der Waals surface area contributed by atoms with Crippen molar-refractivity contribution in [2.75, 3.05) is 33.4 Å². The van der Waals surface area contributed by atoms with E-state index >= 15 is 0 Å². The average molecular weight is 319 g/mol. The van der Waals surface area contributed by atoms with Gasteiger partial charge in [0.2, 0.25) is 11.7 Å². The molecule has 0 aliphatic carbocycles. The van der Waals surface area contributed by atoms with Crippen LogP contribution in [0, 0.1) is 0 Å². The van der Waals surface area contributed by atoms with Gasteiger partial charge in [-0.15, -0.1) is 0 Å². The number of morpholine rings is 1. The van der Waals surface area contributed by atoms with Crippen molar-refractivity contribution in [3.63, 3.8) is 0 Å². The van der Waals surface area contributed by atoms with E-state index in [1.807, 2.05) is 7.05 Å². The molecule has 2 aliphatic heterocycles. The number of carbonyl (C=O) groups excluding carboxylic acids is 1. The number of hydrogen-bond donors (Lipinski definition) is 0. The summed E-state index contributed by atoms with van der Waals surface area (Å²) in [5.41, 5.74) is 1.95. The number of ether oxygens (including phenoxy) is 1. The van der Waals surface area contributed by atoms with Crippen LogP contribution in [0.2, 0.25) is 10.4 Å². The molecule has 0 N–H and O–H groups in total. The van der Waals surface area contributed by atoms with Gasteiger partial charge in [0.1, 0.15) is 5.15 Å². The van der Waals surface area contributed by atoms with E-state index in [-0.39, 0.29) is 5.28 Å². The number of carbonyl (C=O) groups is 1. The van der Waals surface area contributed by atoms with Gasteiger partial charge in [0, 0.05) is 31.7 Å². The first kappa shape index (κ1) is 15.4. The minimum Gasteiger partial charge on any atom is -0.378 e. The van der Waals surface area contributed by atoms with Crippen LogP contribution in [0.1, 0.15) is 11.3 Å². The SMILES string of the molecule is CN1Cc2nc(Cl)nc(Cl)c2C1.O=CN1CCOCC1. The van der Waals surface area contributed by atoms with E-state index in [0.717, 1.165) is 43.8 Å². The molecule has 0 saturated carbocycles. The van der Waals surface area contributed by atoms with Gasteiger partial charge in [0.15, 0.2) is 0 Å². The van der Waals surface area contributed by atoms with Crippen LogP contribution < -0.4 is 0 Å². The monoisotopic (exact) mass is 318 g/mol. The summed E-state index contributed by atoms with van der Waals surface area (Å²) in [5, 5.41) is 0.711. The predicted molar refractivity (Wildman–Crippen MR) is 75.7 cm³/mol. The Balaban J connectivity index is 0.000000160. The molecule has 1 aromatic rings. The number of amides is 1. The third-order valence-electron chi connectivity index (χ3n) is 3.06. The lowest BCUT2D eigenvalue weighted by Gasteiger charge is -2.21. The normalized spacial score (nSPS) is 18.2. The molecule has 0 radical (unpaired) electrons. The summed E-state index contributed by atoms with van der Waals surface area (Å²) in [6.45, 7) is 4.51. The predicted octanol–water partition coefficient (Wildman–Crippen LogP) is 1.20. The third kappa shape index (κ3) is 4.02. The quantitative estimate of drug-likeness (QED) is 0.442. The molecule has 0 aromatic carbocycles. The Hall–Kier alpha value is -0.950. The molecule has 1 aromatic heterocycles. The Morgan fingerprint density at radius 3 is 2.50 bits per heavy atom. The molecule has 8 heteroatoms. The van der Waals surface area contributed by atoms with Crippen molar-refractivity contribution in [1.82, 2.24) is 19.8 Å². The molecule has 1 saturated heterocycles. The Labute approximate surface area is 127 Å². The summed E-state index contributed by atoms with van der Waals surface area (Å²) in [6, 6.07) is 0. The van der Waals surface area contributed by atoms with E-state index in [1.165, 1.54) is 0 Å². The summed E-state index contributed by atoms with van der Waals surface area (Å²) >= 11 is 11.5. The summed E-state index contributed by atoms with van der Waals surface area (Å²) < 4.78 is 5.00. The van der Waals surface area contributed by atoms with Gasteiger partial charge in [-0.3, -0.25) is 9.69 Å². The van der Waals surface area contributed by atoms with E-state index in [9.17, 15) is 4.79 Å². The molecular weight excluding hydrogens is 303 g/mol. The van der Waals surface area contributed by atoms with Crippen molar-refractivity contribution < 1.29 is 9.53 Å². The fraction of sp³-hybridized carbons (Fsp3) is 0.583. The maximum atomic E-state index is 10.0. The smallest absolute Gasteiger partial charge is 0.224 e. The lowest BCUT2D eigenvalue weighted by atomic mass is 10.3. The van der Waals surface area contributed by atoms with Gasteiger partial charge in [-0.25, -0.2) is 9.97 Å². The number of hydrogen-bond acceptors (Lipinski definition) is 5. The molecule has 0 atom stereocenters. The van der Waals surface area contributed by atoms with Gasteiger partial charge < -0.3 is 9.64 Å². The van der Waals surface area contributed by atoms with Gasteiger partial charge in [-0.1, -0.05) is 11.6 Å². The van der Waals surface area contributed by atoms with Crippen molar-refractivity contribution in [1.29, 1.82) is 0 Å². The zero-order valence-electron chi connectivity index (χ0n) is 11.2. The molecule has 3 rings (SSSR count). The Kier molecular flexibility index (Phi) is 5.54. The van der Waals surface area contributed by atoms with E-state index in [4.69, 9.17) is 27.9 Å². The van der Waals surface area contributed by atoms with Gasteiger partial charge in [-0.05, 0) is 18.6 Å². The Bertz CT molecular complexity index is 481. The van der Waals surface area contributed by atoms with Crippen LogP contribution >= 0.6 is 23.2 Å². The second-order valence-electron chi connectivity index (χ2n) is 4.63. The van der Waals surface area contributed by atoms with Crippen molar-refractivity contribution in [3.05, 3.63) is 21.7 Å². The fourth-order valence-electron chi connectivity index (χ4n) is 2.02. The first-order valence-electron chi connectivity index (χ1n) is 6.26. The Morgan fingerprint density at radius 2 is 1.90 bits per heavy atom. The molecule has 3 heterocycles. The first-order chi connectivity index (χ1) is 9.60. The molecule has 1 fully saturated rings. The van der Waals surface area contributed by atoms with Crippen LogP contribution in [0.25, 0.3) is 0 Å². The van der Waals surface area contributed by atoms with Crippen LogP contribution in [0.4, 0.5) is 0 Å². The highest BCUT2D eigenvalue weighted by Gasteiger charge is 2.21.